The minimum Gasteiger partial charge on any atom is -0.378 e. The van der Waals surface area contributed by atoms with Gasteiger partial charge in [-0.2, -0.15) is 10.1 Å². The monoisotopic (exact) mass is 541 g/mol. The average Bonchev–Trinajstić information content (AvgIpc) is 3.30. The van der Waals surface area contributed by atoms with Crippen LogP contribution in [0.4, 0.5) is 16.6 Å². The molecule has 0 spiro atoms. The molecule has 1 saturated carbocycles. The Morgan fingerprint density at radius 2 is 1.95 bits per heavy atom. The number of carbonyl (C=O) groups excluding carboxylic acids is 1. The fourth-order valence-electron chi connectivity index (χ4n) is 4.90. The van der Waals surface area contributed by atoms with Gasteiger partial charge in [0.1, 0.15) is 11.4 Å². The molecule has 7 rings (SSSR count). The van der Waals surface area contributed by atoms with E-state index >= 15 is 0 Å². The first kappa shape index (κ1) is 24.3. The summed E-state index contributed by atoms with van der Waals surface area (Å²) in [5.74, 6) is 0.923. The second kappa shape index (κ2) is 9.67. The van der Waals surface area contributed by atoms with Crippen LogP contribution in [0.2, 0.25) is 0 Å². The third-order valence-corrected chi connectivity index (χ3v) is 8.09. The lowest BCUT2D eigenvalue weighted by molar-refractivity contribution is 0.102. The number of rotatable bonds is 5. The predicted molar refractivity (Wildman–Crippen MR) is 145 cm³/mol. The summed E-state index contributed by atoms with van der Waals surface area (Å²) in [6.45, 7) is 4.68. The minimum absolute atomic E-state index is 0. The number of morpholine rings is 1. The van der Waals surface area contributed by atoms with Crippen molar-refractivity contribution in [1.82, 2.24) is 24.6 Å². The van der Waals surface area contributed by atoms with Gasteiger partial charge < -0.3 is 25.6 Å². The van der Waals surface area contributed by atoms with Crippen molar-refractivity contribution < 1.29 is 9.53 Å². The van der Waals surface area contributed by atoms with E-state index in [2.05, 4.69) is 20.2 Å². The third kappa shape index (κ3) is 4.58. The number of thiazole rings is 1. The molecule has 37 heavy (non-hydrogen) atoms. The first-order valence-electron chi connectivity index (χ1n) is 12.4. The molecule has 4 aromatic rings. The van der Waals surface area contributed by atoms with Crippen LogP contribution in [0.1, 0.15) is 41.2 Å². The quantitative estimate of drug-likeness (QED) is 0.392. The molecule has 3 fully saturated rings. The Balaban J connectivity index is 0.00000252. The van der Waals surface area contributed by atoms with Crippen molar-refractivity contribution in [3.63, 3.8) is 0 Å². The maximum atomic E-state index is 13.5. The summed E-state index contributed by atoms with van der Waals surface area (Å²) in [4.78, 5) is 32.3. The zero-order valence-electron chi connectivity index (χ0n) is 20.2. The van der Waals surface area contributed by atoms with E-state index in [1.165, 1.54) is 0 Å². The summed E-state index contributed by atoms with van der Waals surface area (Å²) in [6.07, 6.45) is 6.49. The van der Waals surface area contributed by atoms with E-state index in [9.17, 15) is 4.79 Å². The second-order valence-electron chi connectivity index (χ2n) is 9.67. The van der Waals surface area contributed by atoms with Gasteiger partial charge in [0.25, 0.3) is 5.91 Å². The number of nitrogens with one attached hydrogen (secondary N) is 1. The molecule has 2 aliphatic heterocycles. The van der Waals surface area contributed by atoms with E-state index in [1.54, 1.807) is 22.0 Å². The molecule has 2 saturated heterocycles. The van der Waals surface area contributed by atoms with Gasteiger partial charge in [-0.15, -0.1) is 12.4 Å². The van der Waals surface area contributed by atoms with Crippen molar-refractivity contribution >= 4 is 62.3 Å². The van der Waals surface area contributed by atoms with Gasteiger partial charge >= 0.3 is 0 Å². The molecule has 0 aromatic carbocycles. The van der Waals surface area contributed by atoms with E-state index in [4.69, 9.17) is 25.4 Å². The molecule has 0 radical (unpaired) electrons. The van der Waals surface area contributed by atoms with Gasteiger partial charge in [0.15, 0.2) is 16.4 Å². The number of hydrogen-bond acceptors (Lipinski definition) is 10. The number of anilines is 3. The van der Waals surface area contributed by atoms with Crippen molar-refractivity contribution in [2.45, 2.75) is 31.2 Å². The van der Waals surface area contributed by atoms with Gasteiger partial charge in [-0.25, -0.2) is 14.5 Å². The Morgan fingerprint density at radius 3 is 2.70 bits per heavy atom. The Labute approximate surface area is 223 Å². The highest BCUT2D eigenvalue weighted by molar-refractivity contribution is 7.22. The Hall–Kier alpha value is -3.06. The fourth-order valence-corrected chi connectivity index (χ4v) is 5.90. The number of hydrogen-bond donors (Lipinski definition) is 2. The SMILES string of the molecule is Cl.NC1CCN(c2ccn3ncc(C(=O)Nc4cc5sc(N6CCOCC6)nc5nc4C4CC4)c3n2)C1. The average molecular weight is 542 g/mol. The summed E-state index contributed by atoms with van der Waals surface area (Å²) in [5.41, 5.74) is 9.43. The number of nitrogens with zero attached hydrogens (tertiary/aromatic N) is 7. The summed E-state index contributed by atoms with van der Waals surface area (Å²) < 4.78 is 8.07. The minimum atomic E-state index is -0.242. The molecule has 11 nitrogen and oxygen atoms in total. The van der Waals surface area contributed by atoms with Crippen LogP contribution in [0.25, 0.3) is 16.0 Å². The molecule has 194 valence electrons. The van der Waals surface area contributed by atoms with E-state index in [1.807, 2.05) is 18.3 Å². The molecule has 6 heterocycles. The summed E-state index contributed by atoms with van der Waals surface area (Å²) in [5, 5.41) is 8.42. The predicted octanol–water partition coefficient (Wildman–Crippen LogP) is 2.66. The molecule has 3 N–H and O–H groups in total. The molecule has 4 aromatic heterocycles. The van der Waals surface area contributed by atoms with Crippen LogP contribution in [0.3, 0.4) is 0 Å². The topological polar surface area (TPSA) is 127 Å². The van der Waals surface area contributed by atoms with Crippen molar-refractivity contribution in [3.8, 4) is 0 Å². The van der Waals surface area contributed by atoms with Crippen LogP contribution in [0.5, 0.6) is 0 Å². The van der Waals surface area contributed by atoms with Crippen LogP contribution in [0, 0.1) is 0 Å². The van der Waals surface area contributed by atoms with E-state index < -0.39 is 0 Å². The number of carbonyl (C=O) groups is 1. The number of halogens is 1. The Morgan fingerprint density at radius 1 is 1.11 bits per heavy atom. The Kier molecular flexibility index (Phi) is 6.35. The molecule has 1 atom stereocenters. The summed E-state index contributed by atoms with van der Waals surface area (Å²) in [7, 11) is 0. The highest BCUT2D eigenvalue weighted by Gasteiger charge is 2.30. The summed E-state index contributed by atoms with van der Waals surface area (Å²) >= 11 is 1.60. The van der Waals surface area contributed by atoms with Crippen LogP contribution in [0.15, 0.2) is 24.5 Å². The smallest absolute Gasteiger partial charge is 0.261 e. The van der Waals surface area contributed by atoms with E-state index in [0.29, 0.717) is 30.3 Å². The standard InChI is InChI=1S/C24H27N9O2S.ClH/c25-15-3-5-32(13-15)19-4-6-33-22(28-19)16(12-26-33)23(34)27-17-11-18-21(29-20(17)14-1-2-14)30-24(36-18)31-7-9-35-10-8-31;/h4,6,11-12,14-15H,1-3,5,7-10,13,25H2,(H,27,34);1H. The zero-order chi connectivity index (χ0) is 24.2. The normalized spacial score (nSPS) is 20.0. The highest BCUT2D eigenvalue weighted by atomic mass is 35.5. The van der Waals surface area contributed by atoms with Gasteiger partial charge in [0.2, 0.25) is 0 Å². The second-order valence-corrected chi connectivity index (χ2v) is 10.7. The number of amides is 1. The third-order valence-electron chi connectivity index (χ3n) is 7.04. The number of aromatic nitrogens is 5. The number of ether oxygens (including phenoxy) is 1. The van der Waals surface area contributed by atoms with Crippen molar-refractivity contribution in [2.75, 3.05) is 54.5 Å². The Bertz CT molecular complexity index is 1460. The summed E-state index contributed by atoms with van der Waals surface area (Å²) in [6, 6.07) is 4.08. The van der Waals surface area contributed by atoms with Gasteiger partial charge in [-0.05, 0) is 31.4 Å². The number of pyridine rings is 1. The lowest BCUT2D eigenvalue weighted by Crippen LogP contribution is -2.36. The van der Waals surface area contributed by atoms with Crippen molar-refractivity contribution in [3.05, 3.63) is 35.8 Å². The lowest BCUT2D eigenvalue weighted by atomic mass is 10.2. The molecular weight excluding hydrogens is 514 g/mol. The largest absolute Gasteiger partial charge is 0.378 e. The molecule has 3 aliphatic rings. The van der Waals surface area contributed by atoms with Crippen molar-refractivity contribution in [2.24, 2.45) is 5.73 Å². The van der Waals surface area contributed by atoms with Gasteiger partial charge in [-0.1, -0.05) is 11.3 Å². The fraction of sp³-hybridized carbons (Fsp3) is 0.458. The zero-order valence-corrected chi connectivity index (χ0v) is 21.8. The molecule has 1 amide bonds. The van der Waals surface area contributed by atoms with Crippen molar-refractivity contribution in [1.29, 1.82) is 0 Å². The molecule has 0 bridgehead atoms. The maximum absolute atomic E-state index is 13.5. The highest BCUT2D eigenvalue weighted by Crippen LogP contribution is 2.44. The molecule has 1 unspecified atom stereocenters. The van der Waals surface area contributed by atoms with Gasteiger partial charge in [0, 0.05) is 44.3 Å². The van der Waals surface area contributed by atoms with E-state index in [0.717, 1.165) is 78.1 Å². The maximum Gasteiger partial charge on any atom is 0.261 e. The van der Waals surface area contributed by atoms with Gasteiger partial charge in [-0.3, -0.25) is 4.79 Å². The number of nitrogens with two attached hydrogens (primary N) is 1. The molecular formula is C24H28ClN9O2S. The van der Waals surface area contributed by atoms with Crippen LogP contribution in [-0.2, 0) is 4.74 Å². The van der Waals surface area contributed by atoms with Crippen LogP contribution < -0.4 is 20.9 Å². The lowest BCUT2D eigenvalue weighted by Gasteiger charge is -2.25. The first-order chi connectivity index (χ1) is 17.6. The van der Waals surface area contributed by atoms with Crippen LogP contribution >= 0.6 is 23.7 Å². The van der Waals surface area contributed by atoms with Crippen LogP contribution in [-0.4, -0.2) is 75.9 Å². The first-order valence-corrected chi connectivity index (χ1v) is 13.2. The molecule has 1 aliphatic carbocycles. The van der Waals surface area contributed by atoms with E-state index in [-0.39, 0.29) is 24.4 Å². The molecule has 13 heteroatoms. The number of fused-ring (bicyclic) bond motifs is 2. The van der Waals surface area contributed by atoms with Gasteiger partial charge in [0.05, 0.1) is 35.5 Å².